The predicted octanol–water partition coefficient (Wildman–Crippen LogP) is 1.32. The molecule has 1 aromatic rings. The second-order valence-corrected chi connectivity index (χ2v) is 4.99. The summed E-state index contributed by atoms with van der Waals surface area (Å²) in [6.07, 6.45) is 1.58. The van der Waals surface area contributed by atoms with E-state index < -0.39 is 0 Å². The van der Waals surface area contributed by atoms with E-state index in [1.807, 2.05) is 27.7 Å². The molecular formula is C12H20N2O2. The fourth-order valence-corrected chi connectivity index (χ4v) is 1.62. The minimum atomic E-state index is -0.210. The van der Waals surface area contributed by atoms with Crippen LogP contribution in [0, 0.1) is 11.8 Å². The van der Waals surface area contributed by atoms with E-state index in [4.69, 9.17) is 0 Å². The Morgan fingerprint density at radius 2 is 1.62 bits per heavy atom. The number of aromatic nitrogens is 2. The molecule has 1 aromatic heterocycles. The molecule has 0 saturated heterocycles. The Labute approximate surface area is 95.5 Å². The van der Waals surface area contributed by atoms with Crippen LogP contribution < -0.4 is 11.2 Å². The highest BCUT2D eigenvalue weighted by Gasteiger charge is 2.07. The lowest BCUT2D eigenvalue weighted by Gasteiger charge is -2.12. The van der Waals surface area contributed by atoms with E-state index in [-0.39, 0.29) is 11.2 Å². The van der Waals surface area contributed by atoms with Gasteiger partial charge >= 0.3 is 5.69 Å². The summed E-state index contributed by atoms with van der Waals surface area (Å²) in [5.74, 6) is 0.683. The van der Waals surface area contributed by atoms with Crippen LogP contribution in [0.5, 0.6) is 0 Å². The van der Waals surface area contributed by atoms with Gasteiger partial charge in [-0.05, 0) is 11.8 Å². The SMILES string of the molecule is CC(C)Cn1ccc(=O)n(CC(C)C)c1=O. The Hall–Kier alpha value is -1.32. The van der Waals surface area contributed by atoms with Crippen LogP contribution in [0.25, 0.3) is 0 Å². The molecule has 1 rings (SSSR count). The maximum absolute atomic E-state index is 12.0. The Balaban J connectivity index is 3.17. The van der Waals surface area contributed by atoms with Crippen molar-refractivity contribution >= 4 is 0 Å². The Bertz CT molecular complexity index is 455. The minimum absolute atomic E-state index is 0.199. The van der Waals surface area contributed by atoms with Gasteiger partial charge in [0, 0.05) is 25.4 Å². The smallest absolute Gasteiger partial charge is 0.300 e. The molecule has 0 unspecified atom stereocenters. The third-order valence-electron chi connectivity index (χ3n) is 2.25. The van der Waals surface area contributed by atoms with Crippen LogP contribution in [0.2, 0.25) is 0 Å². The van der Waals surface area contributed by atoms with Crippen molar-refractivity contribution in [2.24, 2.45) is 11.8 Å². The quantitative estimate of drug-likeness (QED) is 0.774. The van der Waals surface area contributed by atoms with Crippen molar-refractivity contribution in [3.63, 3.8) is 0 Å². The summed E-state index contributed by atoms with van der Waals surface area (Å²) in [4.78, 5) is 23.5. The van der Waals surface area contributed by atoms with Crippen molar-refractivity contribution in [3.8, 4) is 0 Å². The molecule has 0 aliphatic heterocycles. The summed E-state index contributed by atoms with van der Waals surface area (Å²) >= 11 is 0. The van der Waals surface area contributed by atoms with Crippen LogP contribution in [0.15, 0.2) is 21.9 Å². The van der Waals surface area contributed by atoms with Gasteiger partial charge in [0.2, 0.25) is 0 Å². The van der Waals surface area contributed by atoms with Gasteiger partial charge in [0.1, 0.15) is 0 Å². The second kappa shape index (κ2) is 5.14. The highest BCUT2D eigenvalue weighted by molar-refractivity contribution is 4.86. The van der Waals surface area contributed by atoms with Crippen molar-refractivity contribution in [1.29, 1.82) is 0 Å². The van der Waals surface area contributed by atoms with Crippen molar-refractivity contribution in [2.75, 3.05) is 0 Å². The van der Waals surface area contributed by atoms with E-state index in [2.05, 4.69) is 0 Å². The largest absolute Gasteiger partial charge is 0.330 e. The third-order valence-corrected chi connectivity index (χ3v) is 2.25. The summed E-state index contributed by atoms with van der Waals surface area (Å²) in [7, 11) is 0. The molecule has 0 aromatic carbocycles. The second-order valence-electron chi connectivity index (χ2n) is 4.99. The van der Waals surface area contributed by atoms with Gasteiger partial charge in [0.15, 0.2) is 0 Å². The van der Waals surface area contributed by atoms with E-state index >= 15 is 0 Å². The molecule has 0 aliphatic rings. The lowest BCUT2D eigenvalue weighted by molar-refractivity contribution is 0.441. The average molecular weight is 224 g/mol. The van der Waals surface area contributed by atoms with Gasteiger partial charge in [0.05, 0.1) is 0 Å². The first-order chi connectivity index (χ1) is 7.41. The summed E-state index contributed by atoms with van der Waals surface area (Å²) in [5.41, 5.74) is -0.409. The fraction of sp³-hybridized carbons (Fsp3) is 0.667. The van der Waals surface area contributed by atoms with Crippen molar-refractivity contribution < 1.29 is 0 Å². The van der Waals surface area contributed by atoms with Crippen LogP contribution in [-0.4, -0.2) is 9.13 Å². The molecule has 0 bridgehead atoms. The van der Waals surface area contributed by atoms with E-state index in [1.165, 1.54) is 10.6 Å². The van der Waals surface area contributed by atoms with Crippen molar-refractivity contribution in [3.05, 3.63) is 33.1 Å². The Morgan fingerprint density at radius 1 is 1.06 bits per heavy atom. The van der Waals surface area contributed by atoms with Crippen molar-refractivity contribution in [2.45, 2.75) is 40.8 Å². The normalized spacial score (nSPS) is 11.4. The predicted molar refractivity (Wildman–Crippen MR) is 64.6 cm³/mol. The number of rotatable bonds is 4. The van der Waals surface area contributed by atoms with Gasteiger partial charge in [-0.2, -0.15) is 0 Å². The minimum Gasteiger partial charge on any atom is -0.300 e. The highest BCUT2D eigenvalue weighted by Crippen LogP contribution is 1.96. The molecule has 0 spiro atoms. The van der Waals surface area contributed by atoms with Crippen LogP contribution >= 0.6 is 0 Å². The number of nitrogens with zero attached hydrogens (tertiary/aromatic N) is 2. The first-order valence-electron chi connectivity index (χ1n) is 5.72. The van der Waals surface area contributed by atoms with E-state index in [0.29, 0.717) is 24.9 Å². The molecule has 1 heterocycles. The Morgan fingerprint density at radius 3 is 2.12 bits per heavy atom. The molecular weight excluding hydrogens is 204 g/mol. The standard InChI is InChI=1S/C12H20N2O2/c1-9(2)7-13-6-5-11(15)14(12(13)16)8-10(3)4/h5-6,9-10H,7-8H2,1-4H3. The van der Waals surface area contributed by atoms with Crippen LogP contribution in [-0.2, 0) is 13.1 Å². The summed E-state index contributed by atoms with van der Waals surface area (Å²) in [6, 6.07) is 1.46. The summed E-state index contributed by atoms with van der Waals surface area (Å²) in [6.45, 7) is 9.21. The lowest BCUT2D eigenvalue weighted by atomic mass is 10.2. The van der Waals surface area contributed by atoms with E-state index in [0.717, 1.165) is 0 Å². The highest BCUT2D eigenvalue weighted by atomic mass is 16.2. The van der Waals surface area contributed by atoms with Crippen LogP contribution in [0.1, 0.15) is 27.7 Å². The van der Waals surface area contributed by atoms with Gasteiger partial charge < -0.3 is 4.57 Å². The molecule has 0 N–H and O–H groups in total. The molecule has 0 radical (unpaired) electrons. The number of hydrogen-bond acceptors (Lipinski definition) is 2. The molecule has 0 atom stereocenters. The van der Waals surface area contributed by atoms with Gasteiger partial charge in [-0.15, -0.1) is 0 Å². The zero-order valence-corrected chi connectivity index (χ0v) is 10.4. The molecule has 0 amide bonds. The topological polar surface area (TPSA) is 44.0 Å². The molecule has 0 aliphatic carbocycles. The number of hydrogen-bond donors (Lipinski definition) is 0. The van der Waals surface area contributed by atoms with Gasteiger partial charge in [-0.1, -0.05) is 27.7 Å². The monoisotopic (exact) mass is 224 g/mol. The Kier molecular flexibility index (Phi) is 4.10. The molecule has 0 saturated carbocycles. The lowest BCUT2D eigenvalue weighted by Crippen LogP contribution is -2.40. The average Bonchev–Trinajstić information content (AvgIpc) is 2.16. The molecule has 90 valence electrons. The van der Waals surface area contributed by atoms with Gasteiger partial charge in [-0.3, -0.25) is 9.36 Å². The van der Waals surface area contributed by atoms with E-state index in [1.54, 1.807) is 10.8 Å². The molecule has 0 fully saturated rings. The van der Waals surface area contributed by atoms with E-state index in [9.17, 15) is 9.59 Å². The van der Waals surface area contributed by atoms with Crippen LogP contribution in [0.3, 0.4) is 0 Å². The molecule has 16 heavy (non-hydrogen) atoms. The van der Waals surface area contributed by atoms with Gasteiger partial charge in [0.25, 0.3) is 5.56 Å². The van der Waals surface area contributed by atoms with Crippen molar-refractivity contribution in [1.82, 2.24) is 9.13 Å². The summed E-state index contributed by atoms with van der Waals surface area (Å²) in [5, 5.41) is 0. The maximum Gasteiger partial charge on any atom is 0.330 e. The maximum atomic E-state index is 12.0. The fourth-order valence-electron chi connectivity index (χ4n) is 1.62. The zero-order chi connectivity index (χ0) is 12.3. The van der Waals surface area contributed by atoms with Gasteiger partial charge in [-0.25, -0.2) is 4.79 Å². The zero-order valence-electron chi connectivity index (χ0n) is 10.4. The molecule has 4 nitrogen and oxygen atoms in total. The first-order valence-corrected chi connectivity index (χ1v) is 5.72. The van der Waals surface area contributed by atoms with Crippen LogP contribution in [0.4, 0.5) is 0 Å². The summed E-state index contributed by atoms with van der Waals surface area (Å²) < 4.78 is 2.92. The molecule has 4 heteroatoms. The third kappa shape index (κ3) is 3.08. The first kappa shape index (κ1) is 12.7.